The highest BCUT2D eigenvalue weighted by molar-refractivity contribution is 5.96. The van der Waals surface area contributed by atoms with E-state index < -0.39 is 0 Å². The zero-order chi connectivity index (χ0) is 20.3. The number of hydrogen-bond donors (Lipinski definition) is 3. The van der Waals surface area contributed by atoms with Gasteiger partial charge >= 0.3 is 6.03 Å². The lowest BCUT2D eigenvalue weighted by Gasteiger charge is -2.15. The molecule has 0 fully saturated rings. The third-order valence-corrected chi connectivity index (χ3v) is 4.70. The summed E-state index contributed by atoms with van der Waals surface area (Å²) in [5.74, 6) is 0.607. The fraction of sp³-hybridized carbons (Fsp3) is 0.273. The van der Waals surface area contributed by atoms with Crippen molar-refractivity contribution in [3.8, 4) is 0 Å². The molecule has 3 aromatic rings. The van der Waals surface area contributed by atoms with Crippen molar-refractivity contribution in [3.05, 3.63) is 64.9 Å². The van der Waals surface area contributed by atoms with Gasteiger partial charge in [-0.2, -0.15) is 0 Å². The van der Waals surface area contributed by atoms with E-state index in [0.717, 1.165) is 27.9 Å². The predicted octanol–water partition coefficient (Wildman–Crippen LogP) is 4.68. The Morgan fingerprint density at radius 1 is 1.11 bits per heavy atom. The predicted molar refractivity (Wildman–Crippen MR) is 111 cm³/mol. The van der Waals surface area contributed by atoms with Gasteiger partial charge in [-0.15, -0.1) is 0 Å². The van der Waals surface area contributed by atoms with Crippen LogP contribution in [0.3, 0.4) is 0 Å². The summed E-state index contributed by atoms with van der Waals surface area (Å²) in [7, 11) is 0. The molecule has 0 aliphatic carbocycles. The van der Waals surface area contributed by atoms with Gasteiger partial charge in [0.2, 0.25) is 0 Å². The molecule has 0 bridgehead atoms. The molecule has 6 nitrogen and oxygen atoms in total. The topological polar surface area (TPSA) is 83.4 Å². The lowest BCUT2D eigenvalue weighted by Crippen LogP contribution is -2.31. The molecule has 0 aliphatic rings. The van der Waals surface area contributed by atoms with Gasteiger partial charge in [-0.3, -0.25) is 4.79 Å². The Balaban J connectivity index is 1.69. The maximum atomic E-state index is 12.5. The molecule has 3 rings (SSSR count). The molecule has 3 N–H and O–H groups in total. The van der Waals surface area contributed by atoms with Gasteiger partial charge in [-0.25, -0.2) is 4.79 Å². The zero-order valence-corrected chi connectivity index (χ0v) is 16.6. The van der Waals surface area contributed by atoms with Crippen molar-refractivity contribution in [3.63, 3.8) is 0 Å². The molecule has 1 atom stereocenters. The van der Waals surface area contributed by atoms with Crippen LogP contribution >= 0.6 is 0 Å². The number of furan rings is 1. The van der Waals surface area contributed by atoms with Gasteiger partial charge in [0.05, 0.1) is 6.04 Å². The summed E-state index contributed by atoms with van der Waals surface area (Å²) in [6, 6.07) is 12.4. The average molecular weight is 379 g/mol. The monoisotopic (exact) mass is 379 g/mol. The molecular formula is C22H25N3O3. The minimum absolute atomic E-state index is 0.129. The summed E-state index contributed by atoms with van der Waals surface area (Å²) < 4.78 is 5.91. The molecule has 1 heterocycles. The standard InChI is InChI=1S/C22H25N3O3/c1-5-23-21(26)16-10-11-18(13(2)12-16)25-22(27)24-15(4)20-14(3)17-8-6-7-9-19(17)28-20/h6-12,15H,5H2,1-4H3,(H,23,26)(H2,24,25,27)/t15-/m1/s1. The van der Waals surface area contributed by atoms with E-state index in [0.29, 0.717) is 17.8 Å². The summed E-state index contributed by atoms with van der Waals surface area (Å²) in [5, 5.41) is 9.55. The highest BCUT2D eigenvalue weighted by Gasteiger charge is 2.18. The van der Waals surface area contributed by atoms with Gasteiger partial charge in [0.25, 0.3) is 5.91 Å². The quantitative estimate of drug-likeness (QED) is 0.602. The van der Waals surface area contributed by atoms with Crippen LogP contribution in [0, 0.1) is 13.8 Å². The van der Waals surface area contributed by atoms with Crippen molar-refractivity contribution < 1.29 is 14.0 Å². The second-order valence-corrected chi connectivity index (χ2v) is 6.80. The van der Waals surface area contributed by atoms with Crippen molar-refractivity contribution in [1.29, 1.82) is 0 Å². The van der Waals surface area contributed by atoms with E-state index in [4.69, 9.17) is 4.42 Å². The van der Waals surface area contributed by atoms with E-state index in [9.17, 15) is 9.59 Å². The molecule has 3 amide bonds. The first-order chi connectivity index (χ1) is 13.4. The Kier molecular flexibility index (Phi) is 5.68. The number of urea groups is 1. The Labute approximate surface area is 164 Å². The molecule has 0 aliphatic heterocycles. The molecule has 6 heteroatoms. The number of hydrogen-bond acceptors (Lipinski definition) is 3. The van der Waals surface area contributed by atoms with Crippen molar-refractivity contribution in [1.82, 2.24) is 10.6 Å². The summed E-state index contributed by atoms with van der Waals surface area (Å²) >= 11 is 0. The number of aryl methyl sites for hydroxylation is 2. The number of fused-ring (bicyclic) bond motifs is 1. The molecule has 0 spiro atoms. The van der Waals surface area contributed by atoms with Crippen LogP contribution in [0.25, 0.3) is 11.0 Å². The first-order valence-corrected chi connectivity index (χ1v) is 9.35. The largest absolute Gasteiger partial charge is 0.459 e. The fourth-order valence-electron chi connectivity index (χ4n) is 3.23. The first kappa shape index (κ1) is 19.5. The smallest absolute Gasteiger partial charge is 0.319 e. The number of nitrogens with one attached hydrogen (secondary N) is 3. The van der Waals surface area contributed by atoms with Crippen LogP contribution in [-0.4, -0.2) is 18.5 Å². The second-order valence-electron chi connectivity index (χ2n) is 6.80. The number of amides is 3. The van der Waals surface area contributed by atoms with Gasteiger partial charge in [-0.1, -0.05) is 18.2 Å². The lowest BCUT2D eigenvalue weighted by atomic mass is 10.1. The third-order valence-electron chi connectivity index (χ3n) is 4.70. The van der Waals surface area contributed by atoms with E-state index in [1.54, 1.807) is 18.2 Å². The lowest BCUT2D eigenvalue weighted by molar-refractivity contribution is 0.0955. The molecule has 0 saturated carbocycles. The zero-order valence-electron chi connectivity index (χ0n) is 16.6. The highest BCUT2D eigenvalue weighted by Crippen LogP contribution is 2.29. The summed E-state index contributed by atoms with van der Waals surface area (Å²) in [6.07, 6.45) is 0. The van der Waals surface area contributed by atoms with E-state index in [-0.39, 0.29) is 18.0 Å². The molecule has 146 valence electrons. The van der Waals surface area contributed by atoms with Crippen LogP contribution in [0.4, 0.5) is 10.5 Å². The van der Waals surface area contributed by atoms with E-state index in [2.05, 4.69) is 16.0 Å². The van der Waals surface area contributed by atoms with Crippen LogP contribution in [0.5, 0.6) is 0 Å². The minimum atomic E-state index is -0.332. The molecule has 1 aromatic heterocycles. The first-order valence-electron chi connectivity index (χ1n) is 9.35. The second kappa shape index (κ2) is 8.17. The highest BCUT2D eigenvalue weighted by atomic mass is 16.3. The maximum Gasteiger partial charge on any atom is 0.319 e. The van der Waals surface area contributed by atoms with Gasteiger partial charge in [0.15, 0.2) is 0 Å². The fourth-order valence-corrected chi connectivity index (χ4v) is 3.23. The van der Waals surface area contributed by atoms with Crippen LogP contribution in [0.15, 0.2) is 46.9 Å². The molecule has 0 radical (unpaired) electrons. The van der Waals surface area contributed by atoms with Gasteiger partial charge in [0.1, 0.15) is 11.3 Å². The van der Waals surface area contributed by atoms with Crippen LogP contribution in [0.1, 0.15) is 47.1 Å². The molecular weight excluding hydrogens is 354 g/mol. The van der Waals surface area contributed by atoms with Crippen molar-refractivity contribution >= 4 is 28.6 Å². The number of anilines is 1. The normalized spacial score (nSPS) is 11.9. The van der Waals surface area contributed by atoms with Crippen molar-refractivity contribution in [2.75, 3.05) is 11.9 Å². The number of carbonyl (C=O) groups excluding carboxylic acids is 2. The SMILES string of the molecule is CCNC(=O)c1ccc(NC(=O)N[C@H](C)c2oc3ccccc3c2C)c(C)c1. The molecule has 28 heavy (non-hydrogen) atoms. The van der Waals surface area contributed by atoms with Gasteiger partial charge in [0, 0.05) is 28.7 Å². The van der Waals surface area contributed by atoms with Crippen LogP contribution in [-0.2, 0) is 0 Å². The van der Waals surface area contributed by atoms with E-state index in [1.165, 1.54) is 0 Å². The molecule has 0 unspecified atom stereocenters. The number of carbonyl (C=O) groups is 2. The van der Waals surface area contributed by atoms with Crippen LogP contribution < -0.4 is 16.0 Å². The molecule has 2 aromatic carbocycles. The Hall–Kier alpha value is -3.28. The van der Waals surface area contributed by atoms with Gasteiger partial charge in [-0.05, 0) is 57.5 Å². The number of para-hydroxylation sites is 1. The van der Waals surface area contributed by atoms with E-state index in [1.807, 2.05) is 52.0 Å². The summed E-state index contributed by atoms with van der Waals surface area (Å²) in [6.45, 7) is 8.16. The Morgan fingerprint density at radius 3 is 2.54 bits per heavy atom. The van der Waals surface area contributed by atoms with Gasteiger partial charge < -0.3 is 20.4 Å². The Bertz CT molecular complexity index is 1020. The summed E-state index contributed by atoms with van der Waals surface area (Å²) in [4.78, 5) is 24.4. The van der Waals surface area contributed by atoms with Crippen molar-refractivity contribution in [2.24, 2.45) is 0 Å². The minimum Gasteiger partial charge on any atom is -0.459 e. The Morgan fingerprint density at radius 2 is 1.86 bits per heavy atom. The van der Waals surface area contributed by atoms with Crippen molar-refractivity contribution in [2.45, 2.75) is 33.7 Å². The van der Waals surface area contributed by atoms with Crippen LogP contribution in [0.2, 0.25) is 0 Å². The number of benzene rings is 2. The van der Waals surface area contributed by atoms with E-state index >= 15 is 0 Å². The average Bonchev–Trinajstić information content (AvgIpc) is 3.00. The molecule has 0 saturated heterocycles. The number of rotatable bonds is 5. The summed E-state index contributed by atoms with van der Waals surface area (Å²) in [5.41, 5.74) is 3.86. The maximum absolute atomic E-state index is 12.5. The third kappa shape index (κ3) is 4.01.